The summed E-state index contributed by atoms with van der Waals surface area (Å²) in [6.45, 7) is 5.32. The summed E-state index contributed by atoms with van der Waals surface area (Å²) in [5, 5.41) is 7.74. The Morgan fingerprint density at radius 1 is 1.53 bits per heavy atom. The third-order valence-corrected chi connectivity index (χ3v) is 5.30. The first kappa shape index (κ1) is 14.7. The first-order chi connectivity index (χ1) is 9.11. The largest absolute Gasteiger partial charge is 0.309 e. The molecule has 0 bridgehead atoms. The molecule has 2 aromatic rings. The van der Waals surface area contributed by atoms with Crippen molar-refractivity contribution in [3.8, 4) is 0 Å². The Balaban J connectivity index is 2.18. The van der Waals surface area contributed by atoms with Crippen LogP contribution < -0.4 is 5.32 Å². The Labute approximate surface area is 126 Å². The highest BCUT2D eigenvalue weighted by Crippen LogP contribution is 2.32. The van der Waals surface area contributed by atoms with E-state index < -0.39 is 0 Å². The Bertz CT molecular complexity index is 515. The zero-order valence-electron chi connectivity index (χ0n) is 11.5. The number of nitrogens with zero attached hydrogens (tertiary/aromatic N) is 3. The van der Waals surface area contributed by atoms with Gasteiger partial charge in [0.05, 0.1) is 3.79 Å². The van der Waals surface area contributed by atoms with Crippen molar-refractivity contribution in [2.45, 2.75) is 32.7 Å². The quantitative estimate of drug-likeness (QED) is 0.876. The number of halogens is 1. The van der Waals surface area contributed by atoms with Crippen LogP contribution in [0.1, 0.15) is 35.7 Å². The van der Waals surface area contributed by atoms with Gasteiger partial charge < -0.3 is 5.32 Å². The molecule has 0 aromatic carbocycles. The third kappa shape index (κ3) is 3.64. The van der Waals surface area contributed by atoms with Crippen molar-refractivity contribution >= 4 is 27.3 Å². The van der Waals surface area contributed by atoms with Gasteiger partial charge in [0.2, 0.25) is 0 Å². The van der Waals surface area contributed by atoms with Crippen molar-refractivity contribution < 1.29 is 0 Å². The number of thiophene rings is 1. The molecule has 1 N–H and O–H groups in total. The minimum Gasteiger partial charge on any atom is -0.309 e. The molecule has 2 rings (SSSR count). The molecule has 0 saturated heterocycles. The van der Waals surface area contributed by atoms with Crippen LogP contribution in [-0.4, -0.2) is 21.3 Å². The molecule has 104 valence electrons. The van der Waals surface area contributed by atoms with Gasteiger partial charge in [-0.25, -0.2) is 4.98 Å². The van der Waals surface area contributed by atoms with Gasteiger partial charge in [-0.05, 0) is 47.4 Å². The zero-order chi connectivity index (χ0) is 13.8. The van der Waals surface area contributed by atoms with Crippen molar-refractivity contribution in [1.82, 2.24) is 20.1 Å². The van der Waals surface area contributed by atoms with Crippen LogP contribution in [0.4, 0.5) is 0 Å². The first-order valence-corrected chi connectivity index (χ1v) is 8.04. The molecule has 1 unspecified atom stereocenters. The Morgan fingerprint density at radius 2 is 2.32 bits per heavy atom. The summed E-state index contributed by atoms with van der Waals surface area (Å²) < 4.78 is 3.06. The summed E-state index contributed by atoms with van der Waals surface area (Å²) in [5.41, 5.74) is 1.29. The smallest absolute Gasteiger partial charge is 0.138 e. The molecule has 0 amide bonds. The molecular weight excluding hydrogens is 324 g/mol. The van der Waals surface area contributed by atoms with Gasteiger partial charge in [-0.2, -0.15) is 5.10 Å². The van der Waals surface area contributed by atoms with E-state index in [-0.39, 0.29) is 0 Å². The van der Waals surface area contributed by atoms with Gasteiger partial charge >= 0.3 is 0 Å². The topological polar surface area (TPSA) is 42.7 Å². The molecule has 2 aromatic heterocycles. The Kier molecular flexibility index (Phi) is 5.13. The molecule has 0 saturated carbocycles. The van der Waals surface area contributed by atoms with Crippen molar-refractivity contribution in [2.75, 3.05) is 6.54 Å². The lowest BCUT2D eigenvalue weighted by atomic mass is 10.1. The molecule has 2 heterocycles. The van der Waals surface area contributed by atoms with Crippen LogP contribution in [-0.2, 0) is 13.5 Å². The van der Waals surface area contributed by atoms with Crippen LogP contribution in [0.25, 0.3) is 0 Å². The molecule has 1 atom stereocenters. The van der Waals surface area contributed by atoms with Gasteiger partial charge in [0.25, 0.3) is 0 Å². The van der Waals surface area contributed by atoms with Gasteiger partial charge in [-0.1, -0.05) is 6.92 Å². The van der Waals surface area contributed by atoms with Gasteiger partial charge in [0.15, 0.2) is 0 Å². The Morgan fingerprint density at radius 3 is 2.84 bits per heavy atom. The fourth-order valence-corrected chi connectivity index (χ4v) is 3.58. The van der Waals surface area contributed by atoms with Crippen LogP contribution in [0.3, 0.4) is 0 Å². The number of rotatable bonds is 6. The summed E-state index contributed by atoms with van der Waals surface area (Å²) >= 11 is 5.40. The lowest BCUT2D eigenvalue weighted by molar-refractivity contribution is 0.513. The fraction of sp³-hybridized carbons (Fsp3) is 0.538. The summed E-state index contributed by atoms with van der Waals surface area (Å²) in [4.78, 5) is 5.67. The lowest BCUT2D eigenvalue weighted by Crippen LogP contribution is -2.24. The molecule has 0 aliphatic rings. The van der Waals surface area contributed by atoms with Gasteiger partial charge in [-0.3, -0.25) is 4.68 Å². The second-order valence-corrected chi connectivity index (χ2v) is 7.02. The van der Waals surface area contributed by atoms with Crippen LogP contribution in [0.2, 0.25) is 0 Å². The molecule has 0 radical (unpaired) electrons. The highest BCUT2D eigenvalue weighted by Gasteiger charge is 2.17. The molecule has 4 nitrogen and oxygen atoms in total. The van der Waals surface area contributed by atoms with Gasteiger partial charge in [0, 0.05) is 24.4 Å². The Hall–Kier alpha value is -0.720. The van der Waals surface area contributed by atoms with E-state index in [1.165, 1.54) is 14.2 Å². The normalized spacial score (nSPS) is 12.8. The van der Waals surface area contributed by atoms with E-state index in [9.17, 15) is 0 Å². The summed E-state index contributed by atoms with van der Waals surface area (Å²) in [6, 6.07) is 2.55. The first-order valence-electron chi connectivity index (χ1n) is 6.44. The maximum Gasteiger partial charge on any atom is 0.138 e. The summed E-state index contributed by atoms with van der Waals surface area (Å²) in [6.07, 6.45) is 3.60. The average Bonchev–Trinajstić information content (AvgIpc) is 2.92. The molecule has 0 aliphatic heterocycles. The third-order valence-electron chi connectivity index (χ3n) is 3.05. The maximum atomic E-state index is 4.32. The van der Waals surface area contributed by atoms with Gasteiger partial charge in [-0.15, -0.1) is 11.3 Å². The average molecular weight is 343 g/mol. The number of aryl methyl sites for hydroxylation is 2. The molecule has 0 spiro atoms. The van der Waals surface area contributed by atoms with Crippen LogP contribution >= 0.6 is 27.3 Å². The maximum absolute atomic E-state index is 4.32. The van der Waals surface area contributed by atoms with Crippen molar-refractivity contribution in [3.05, 3.63) is 32.4 Å². The zero-order valence-corrected chi connectivity index (χ0v) is 13.9. The van der Waals surface area contributed by atoms with E-state index in [1.807, 2.05) is 11.7 Å². The monoisotopic (exact) mass is 342 g/mol. The standard InChI is InChI=1S/C13H19BrN4S/c1-4-5-15-10(7-12-16-8-17-18(12)3)11-6-9(2)13(14)19-11/h6,8,10,15H,4-5,7H2,1-3H3. The highest BCUT2D eigenvalue weighted by atomic mass is 79.9. The lowest BCUT2D eigenvalue weighted by Gasteiger charge is -2.16. The number of hydrogen-bond donors (Lipinski definition) is 1. The van der Waals surface area contributed by atoms with Crippen molar-refractivity contribution in [1.29, 1.82) is 0 Å². The van der Waals surface area contributed by atoms with E-state index in [0.29, 0.717) is 6.04 Å². The molecular formula is C13H19BrN4S. The van der Waals surface area contributed by atoms with E-state index in [0.717, 1.165) is 25.2 Å². The van der Waals surface area contributed by atoms with Crippen LogP contribution in [0, 0.1) is 6.92 Å². The molecule has 19 heavy (non-hydrogen) atoms. The summed E-state index contributed by atoms with van der Waals surface area (Å²) in [5.74, 6) is 1.01. The number of hydrogen-bond acceptors (Lipinski definition) is 4. The SMILES string of the molecule is CCCNC(Cc1ncnn1C)c1cc(C)c(Br)s1. The number of aromatic nitrogens is 3. The van der Waals surface area contributed by atoms with Crippen molar-refractivity contribution in [2.24, 2.45) is 7.05 Å². The highest BCUT2D eigenvalue weighted by molar-refractivity contribution is 9.11. The van der Waals surface area contributed by atoms with Crippen LogP contribution in [0.5, 0.6) is 0 Å². The van der Waals surface area contributed by atoms with E-state index >= 15 is 0 Å². The molecule has 6 heteroatoms. The number of nitrogens with one attached hydrogen (secondary N) is 1. The minimum atomic E-state index is 0.304. The molecule has 0 fully saturated rings. The summed E-state index contributed by atoms with van der Waals surface area (Å²) in [7, 11) is 1.94. The molecule has 0 aliphatic carbocycles. The predicted molar refractivity (Wildman–Crippen MR) is 82.5 cm³/mol. The minimum absolute atomic E-state index is 0.304. The van der Waals surface area contributed by atoms with Gasteiger partial charge in [0.1, 0.15) is 12.2 Å². The van der Waals surface area contributed by atoms with E-state index in [4.69, 9.17) is 0 Å². The fourth-order valence-electron chi connectivity index (χ4n) is 1.93. The van der Waals surface area contributed by atoms with Crippen molar-refractivity contribution in [3.63, 3.8) is 0 Å². The predicted octanol–water partition coefficient (Wildman–Crippen LogP) is 3.23. The second kappa shape index (κ2) is 6.63. The van der Waals surface area contributed by atoms with Crippen LogP contribution in [0.15, 0.2) is 16.2 Å². The second-order valence-electron chi connectivity index (χ2n) is 4.62. The van der Waals surface area contributed by atoms with E-state index in [2.05, 4.69) is 51.2 Å². The van der Waals surface area contributed by atoms with E-state index in [1.54, 1.807) is 17.7 Å².